The molecule has 3 rings (SSSR count). The molecule has 2 aromatic heterocycles. The minimum Gasteiger partial charge on any atom is -0.287 e. The van der Waals surface area contributed by atoms with Crippen molar-refractivity contribution < 1.29 is 13.2 Å². The van der Waals surface area contributed by atoms with E-state index in [2.05, 4.69) is 9.97 Å². The van der Waals surface area contributed by atoms with Gasteiger partial charge >= 0.3 is 0 Å². The zero-order valence-electron chi connectivity index (χ0n) is 12.9. The van der Waals surface area contributed by atoms with Crippen LogP contribution in [0.4, 0.5) is 0 Å². The molecule has 0 aliphatic rings. The van der Waals surface area contributed by atoms with Gasteiger partial charge in [0, 0.05) is 24.2 Å². The van der Waals surface area contributed by atoms with Gasteiger partial charge in [-0.3, -0.25) is 14.8 Å². The van der Waals surface area contributed by atoms with Gasteiger partial charge in [-0.25, -0.2) is 8.42 Å². The first-order valence-corrected chi connectivity index (χ1v) is 9.07. The van der Waals surface area contributed by atoms with Crippen LogP contribution >= 0.6 is 0 Å². The third-order valence-corrected chi connectivity index (χ3v) is 4.63. The van der Waals surface area contributed by atoms with Gasteiger partial charge in [-0.15, -0.1) is 0 Å². The number of benzene rings is 1. The second-order valence-corrected chi connectivity index (χ2v) is 7.26. The van der Waals surface area contributed by atoms with Crippen LogP contribution in [0, 0.1) is 0 Å². The number of rotatable bonds is 4. The summed E-state index contributed by atoms with van der Waals surface area (Å²) in [5, 5.41) is 0. The number of hydrogen-bond donors (Lipinski definition) is 0. The van der Waals surface area contributed by atoms with E-state index in [1.54, 1.807) is 54.9 Å². The molecule has 0 amide bonds. The molecule has 24 heavy (non-hydrogen) atoms. The van der Waals surface area contributed by atoms with E-state index in [1.807, 2.05) is 0 Å². The van der Waals surface area contributed by atoms with Crippen molar-refractivity contribution in [3.63, 3.8) is 0 Å². The normalized spacial score (nSPS) is 11.2. The summed E-state index contributed by atoms with van der Waals surface area (Å²) in [5.74, 6) is -0.231. The second-order valence-electron chi connectivity index (χ2n) is 5.24. The van der Waals surface area contributed by atoms with E-state index in [-0.39, 0.29) is 10.7 Å². The second kappa shape index (κ2) is 6.33. The Morgan fingerprint density at radius 1 is 0.875 bits per heavy atom. The monoisotopic (exact) mass is 338 g/mol. The maximum Gasteiger partial charge on any atom is 0.213 e. The zero-order valence-corrected chi connectivity index (χ0v) is 13.7. The van der Waals surface area contributed by atoms with Crippen LogP contribution in [-0.2, 0) is 9.84 Å². The summed E-state index contributed by atoms with van der Waals surface area (Å²) in [6.45, 7) is 0. The van der Waals surface area contributed by atoms with Crippen molar-refractivity contribution in [2.45, 2.75) is 4.90 Å². The van der Waals surface area contributed by atoms with Crippen LogP contribution in [0.5, 0.6) is 0 Å². The number of hydrogen-bond acceptors (Lipinski definition) is 5. The molecule has 0 atom stereocenters. The molecule has 3 aromatic rings. The van der Waals surface area contributed by atoms with E-state index < -0.39 is 9.84 Å². The van der Waals surface area contributed by atoms with Gasteiger partial charge in [0.2, 0.25) is 5.78 Å². The topological polar surface area (TPSA) is 77.0 Å². The van der Waals surface area contributed by atoms with Crippen molar-refractivity contribution >= 4 is 15.6 Å². The predicted molar refractivity (Wildman–Crippen MR) is 90.5 cm³/mol. The molecule has 0 saturated carbocycles. The SMILES string of the molecule is CS(=O)(=O)c1ccc(-c2ncccc2C(=O)c2ccccn2)cc1. The largest absolute Gasteiger partial charge is 0.287 e. The Morgan fingerprint density at radius 3 is 2.21 bits per heavy atom. The molecule has 0 saturated heterocycles. The summed E-state index contributed by atoms with van der Waals surface area (Å²) in [4.78, 5) is 21.3. The number of sulfone groups is 1. The first-order chi connectivity index (χ1) is 11.5. The van der Waals surface area contributed by atoms with Gasteiger partial charge < -0.3 is 0 Å². The quantitative estimate of drug-likeness (QED) is 0.684. The van der Waals surface area contributed by atoms with E-state index >= 15 is 0 Å². The molecular formula is C18H14N2O3S. The minimum atomic E-state index is -3.27. The van der Waals surface area contributed by atoms with Gasteiger partial charge in [0.1, 0.15) is 5.69 Å². The van der Waals surface area contributed by atoms with Gasteiger partial charge in [0.25, 0.3) is 0 Å². The van der Waals surface area contributed by atoms with Crippen LogP contribution in [0.1, 0.15) is 16.1 Å². The Bertz CT molecular complexity index is 982. The lowest BCUT2D eigenvalue weighted by Crippen LogP contribution is -2.06. The number of pyridine rings is 2. The minimum absolute atomic E-state index is 0.222. The van der Waals surface area contributed by atoms with Gasteiger partial charge in [-0.2, -0.15) is 0 Å². The fraction of sp³-hybridized carbons (Fsp3) is 0.0556. The predicted octanol–water partition coefficient (Wildman–Crippen LogP) is 2.78. The smallest absolute Gasteiger partial charge is 0.213 e. The Morgan fingerprint density at radius 2 is 1.58 bits per heavy atom. The number of aromatic nitrogens is 2. The molecule has 0 aliphatic heterocycles. The maximum absolute atomic E-state index is 12.7. The van der Waals surface area contributed by atoms with Gasteiger partial charge in [-0.1, -0.05) is 18.2 Å². The highest BCUT2D eigenvalue weighted by Crippen LogP contribution is 2.24. The summed E-state index contributed by atoms with van der Waals surface area (Å²) in [5.41, 5.74) is 1.92. The summed E-state index contributed by atoms with van der Waals surface area (Å²) in [7, 11) is -3.27. The molecule has 0 bridgehead atoms. The highest BCUT2D eigenvalue weighted by molar-refractivity contribution is 7.90. The molecule has 2 heterocycles. The van der Waals surface area contributed by atoms with Crippen LogP contribution in [0.25, 0.3) is 11.3 Å². The average molecular weight is 338 g/mol. The van der Waals surface area contributed by atoms with Crippen molar-refractivity contribution in [3.05, 3.63) is 78.2 Å². The van der Waals surface area contributed by atoms with Crippen molar-refractivity contribution in [2.24, 2.45) is 0 Å². The fourth-order valence-electron chi connectivity index (χ4n) is 2.31. The lowest BCUT2D eigenvalue weighted by molar-refractivity contribution is 0.103. The highest BCUT2D eigenvalue weighted by Gasteiger charge is 2.17. The summed E-state index contributed by atoms with van der Waals surface area (Å²) in [6, 6.07) is 14.8. The van der Waals surface area contributed by atoms with Crippen LogP contribution in [0.2, 0.25) is 0 Å². The van der Waals surface area contributed by atoms with E-state index in [4.69, 9.17) is 0 Å². The van der Waals surface area contributed by atoms with Crippen LogP contribution in [0.3, 0.4) is 0 Å². The van der Waals surface area contributed by atoms with Crippen LogP contribution in [-0.4, -0.2) is 30.4 Å². The third-order valence-electron chi connectivity index (χ3n) is 3.51. The fourth-order valence-corrected chi connectivity index (χ4v) is 2.94. The molecule has 5 nitrogen and oxygen atoms in total. The zero-order chi connectivity index (χ0) is 17.2. The maximum atomic E-state index is 12.7. The van der Waals surface area contributed by atoms with Crippen LogP contribution in [0.15, 0.2) is 71.9 Å². The third kappa shape index (κ3) is 3.23. The standard InChI is InChI=1S/C18H14N2O3S/c1-24(22,23)14-9-7-13(8-10-14)17-15(5-4-12-20-17)18(21)16-6-2-3-11-19-16/h2-12H,1H3. The molecule has 1 aromatic carbocycles. The Labute approximate surface area is 140 Å². The van der Waals surface area contributed by atoms with E-state index in [1.165, 1.54) is 12.1 Å². The highest BCUT2D eigenvalue weighted by atomic mass is 32.2. The van der Waals surface area contributed by atoms with Gasteiger partial charge in [0.15, 0.2) is 9.84 Å². The van der Waals surface area contributed by atoms with E-state index in [0.717, 1.165) is 6.26 Å². The molecule has 0 spiro atoms. The Kier molecular flexibility index (Phi) is 4.22. The van der Waals surface area contributed by atoms with Crippen molar-refractivity contribution in [1.82, 2.24) is 9.97 Å². The molecule has 6 heteroatoms. The summed E-state index contributed by atoms with van der Waals surface area (Å²) >= 11 is 0. The molecule has 0 N–H and O–H groups in total. The Balaban J connectivity index is 2.06. The number of carbonyl (C=O) groups is 1. The molecular weight excluding hydrogens is 324 g/mol. The van der Waals surface area contributed by atoms with Crippen molar-refractivity contribution in [3.8, 4) is 11.3 Å². The lowest BCUT2D eigenvalue weighted by Gasteiger charge is -2.08. The first-order valence-electron chi connectivity index (χ1n) is 7.18. The molecule has 0 fully saturated rings. The lowest BCUT2D eigenvalue weighted by atomic mass is 10.0. The molecule has 0 aliphatic carbocycles. The van der Waals surface area contributed by atoms with E-state index in [0.29, 0.717) is 22.5 Å². The van der Waals surface area contributed by atoms with Crippen LogP contribution < -0.4 is 0 Å². The molecule has 0 unspecified atom stereocenters. The van der Waals surface area contributed by atoms with Gasteiger partial charge in [0.05, 0.1) is 16.2 Å². The Hall–Kier alpha value is -2.86. The summed E-state index contributed by atoms with van der Waals surface area (Å²) < 4.78 is 23.1. The average Bonchev–Trinajstić information content (AvgIpc) is 2.61. The first kappa shape index (κ1) is 16.0. The number of nitrogens with zero attached hydrogens (tertiary/aromatic N) is 2. The summed E-state index contributed by atoms with van der Waals surface area (Å²) in [6.07, 6.45) is 4.30. The van der Waals surface area contributed by atoms with E-state index in [9.17, 15) is 13.2 Å². The number of ketones is 1. The van der Waals surface area contributed by atoms with Crippen molar-refractivity contribution in [1.29, 1.82) is 0 Å². The molecule has 120 valence electrons. The van der Waals surface area contributed by atoms with Gasteiger partial charge in [-0.05, 0) is 36.4 Å². The molecule has 0 radical (unpaired) electrons. The number of carbonyl (C=O) groups excluding carboxylic acids is 1. The van der Waals surface area contributed by atoms with Crippen molar-refractivity contribution in [2.75, 3.05) is 6.26 Å².